The Balaban J connectivity index is 1.76. The summed E-state index contributed by atoms with van der Waals surface area (Å²) >= 11 is 0. The Hall–Kier alpha value is -3.06. The van der Waals surface area contributed by atoms with Gasteiger partial charge in [0.15, 0.2) is 0 Å². The van der Waals surface area contributed by atoms with Gasteiger partial charge in [0.2, 0.25) is 0 Å². The van der Waals surface area contributed by atoms with E-state index in [1.54, 1.807) is 48.5 Å². The van der Waals surface area contributed by atoms with Crippen molar-refractivity contribution >= 4 is 11.9 Å². The molecule has 26 heavy (non-hydrogen) atoms. The zero-order chi connectivity index (χ0) is 18.9. The predicted octanol–water partition coefficient (Wildman–Crippen LogP) is 2.08. The van der Waals surface area contributed by atoms with Crippen molar-refractivity contribution in [2.75, 3.05) is 27.4 Å². The quantitative estimate of drug-likeness (QED) is 0.721. The Kier molecular flexibility index (Phi) is 6.99. The van der Waals surface area contributed by atoms with E-state index in [2.05, 4.69) is 0 Å². The lowest BCUT2D eigenvalue weighted by Gasteiger charge is -2.12. The van der Waals surface area contributed by atoms with E-state index in [9.17, 15) is 14.7 Å². The maximum Gasteiger partial charge on any atom is 0.338 e. The van der Waals surface area contributed by atoms with Crippen molar-refractivity contribution in [3.63, 3.8) is 0 Å². The van der Waals surface area contributed by atoms with Gasteiger partial charge in [0, 0.05) is 0 Å². The molecular formula is C19H20O7. The summed E-state index contributed by atoms with van der Waals surface area (Å²) in [6, 6.07) is 12.7. The van der Waals surface area contributed by atoms with Gasteiger partial charge < -0.3 is 24.1 Å². The summed E-state index contributed by atoms with van der Waals surface area (Å²) in [5, 5.41) is 9.81. The Morgan fingerprint density at radius 1 is 0.769 bits per heavy atom. The molecule has 0 heterocycles. The standard InChI is InChI=1S/C19H20O7/c1-23-16-7-3-13(4-8-16)18(21)25-11-15(20)12-26-19(22)14-5-9-17(24-2)10-6-14/h3-10,15,20H,11-12H2,1-2H3. The van der Waals surface area contributed by atoms with Gasteiger partial charge in [-0.2, -0.15) is 0 Å². The third-order valence-corrected chi connectivity index (χ3v) is 3.47. The molecule has 2 rings (SSSR count). The van der Waals surface area contributed by atoms with Crippen LogP contribution in [0.5, 0.6) is 11.5 Å². The summed E-state index contributed by atoms with van der Waals surface area (Å²) in [6.45, 7) is -0.582. The van der Waals surface area contributed by atoms with Crippen LogP contribution in [0.4, 0.5) is 0 Å². The molecule has 0 saturated carbocycles. The van der Waals surface area contributed by atoms with Crippen molar-refractivity contribution in [2.24, 2.45) is 0 Å². The Morgan fingerprint density at radius 2 is 1.12 bits per heavy atom. The number of aliphatic hydroxyl groups is 1. The maximum absolute atomic E-state index is 11.9. The zero-order valence-corrected chi connectivity index (χ0v) is 14.5. The number of ether oxygens (including phenoxy) is 4. The molecule has 0 spiro atoms. The maximum atomic E-state index is 11.9. The lowest BCUT2D eigenvalue weighted by molar-refractivity contribution is -0.00469. The first-order chi connectivity index (χ1) is 12.5. The Morgan fingerprint density at radius 3 is 1.42 bits per heavy atom. The fourth-order valence-corrected chi connectivity index (χ4v) is 2.01. The molecule has 7 heteroatoms. The molecule has 0 aromatic heterocycles. The van der Waals surface area contributed by atoms with E-state index in [0.29, 0.717) is 22.6 Å². The first kappa shape index (κ1) is 19.3. The highest BCUT2D eigenvalue weighted by molar-refractivity contribution is 5.90. The lowest BCUT2D eigenvalue weighted by atomic mass is 10.2. The van der Waals surface area contributed by atoms with Crippen LogP contribution in [-0.2, 0) is 9.47 Å². The molecule has 2 aromatic carbocycles. The van der Waals surface area contributed by atoms with Gasteiger partial charge >= 0.3 is 11.9 Å². The van der Waals surface area contributed by atoms with E-state index in [4.69, 9.17) is 18.9 Å². The van der Waals surface area contributed by atoms with E-state index >= 15 is 0 Å². The van der Waals surface area contributed by atoms with Crippen LogP contribution in [0.1, 0.15) is 20.7 Å². The summed E-state index contributed by atoms with van der Waals surface area (Å²) in [6.07, 6.45) is -1.13. The molecule has 0 aliphatic rings. The van der Waals surface area contributed by atoms with Gasteiger partial charge in [-0.15, -0.1) is 0 Å². The number of carbonyl (C=O) groups excluding carboxylic acids is 2. The molecule has 0 amide bonds. The molecule has 0 fully saturated rings. The number of esters is 2. The highest BCUT2D eigenvalue weighted by atomic mass is 16.6. The molecule has 1 N–H and O–H groups in total. The van der Waals surface area contributed by atoms with Crippen LogP contribution < -0.4 is 9.47 Å². The molecule has 7 nitrogen and oxygen atoms in total. The molecular weight excluding hydrogens is 340 g/mol. The van der Waals surface area contributed by atoms with Crippen LogP contribution in [-0.4, -0.2) is 50.6 Å². The minimum absolute atomic E-state index is 0.291. The summed E-state index contributed by atoms with van der Waals surface area (Å²) < 4.78 is 20.0. The molecule has 0 radical (unpaired) electrons. The van der Waals surface area contributed by atoms with Gasteiger partial charge in [-0.3, -0.25) is 0 Å². The van der Waals surface area contributed by atoms with E-state index in [-0.39, 0.29) is 13.2 Å². The average molecular weight is 360 g/mol. The normalized spacial score (nSPS) is 10.3. The SMILES string of the molecule is COc1ccc(C(=O)OCC(O)COC(=O)c2ccc(OC)cc2)cc1. The van der Waals surface area contributed by atoms with Crippen molar-refractivity contribution in [2.45, 2.75) is 6.10 Å². The van der Waals surface area contributed by atoms with Crippen LogP contribution in [0.2, 0.25) is 0 Å². The Labute approximate surface area is 151 Å². The van der Waals surface area contributed by atoms with Crippen LogP contribution in [0, 0.1) is 0 Å². The number of methoxy groups -OCH3 is 2. The average Bonchev–Trinajstić information content (AvgIpc) is 2.70. The van der Waals surface area contributed by atoms with Crippen molar-refractivity contribution < 1.29 is 33.6 Å². The first-order valence-corrected chi connectivity index (χ1v) is 7.84. The monoisotopic (exact) mass is 360 g/mol. The van der Waals surface area contributed by atoms with Crippen LogP contribution >= 0.6 is 0 Å². The zero-order valence-electron chi connectivity index (χ0n) is 14.5. The van der Waals surface area contributed by atoms with Gasteiger partial charge in [-0.1, -0.05) is 0 Å². The molecule has 0 bridgehead atoms. The highest BCUT2D eigenvalue weighted by Gasteiger charge is 2.14. The van der Waals surface area contributed by atoms with Gasteiger partial charge in [-0.05, 0) is 48.5 Å². The van der Waals surface area contributed by atoms with E-state index in [1.807, 2.05) is 0 Å². The van der Waals surface area contributed by atoms with Crippen LogP contribution in [0.3, 0.4) is 0 Å². The van der Waals surface area contributed by atoms with Gasteiger partial charge in [0.25, 0.3) is 0 Å². The minimum atomic E-state index is -1.13. The number of benzene rings is 2. The van der Waals surface area contributed by atoms with Gasteiger partial charge in [-0.25, -0.2) is 9.59 Å². The van der Waals surface area contributed by atoms with E-state index < -0.39 is 18.0 Å². The fourth-order valence-electron chi connectivity index (χ4n) is 2.01. The first-order valence-electron chi connectivity index (χ1n) is 7.84. The van der Waals surface area contributed by atoms with Gasteiger partial charge in [0.05, 0.1) is 25.3 Å². The molecule has 0 saturated heterocycles. The van der Waals surface area contributed by atoms with E-state index in [0.717, 1.165) is 0 Å². The number of carbonyl (C=O) groups is 2. The second-order valence-corrected chi connectivity index (χ2v) is 5.31. The predicted molar refractivity (Wildman–Crippen MR) is 92.6 cm³/mol. The second-order valence-electron chi connectivity index (χ2n) is 5.31. The van der Waals surface area contributed by atoms with E-state index in [1.165, 1.54) is 14.2 Å². The molecule has 0 unspecified atom stereocenters. The third kappa shape index (κ3) is 5.49. The summed E-state index contributed by atoms with van der Waals surface area (Å²) in [5.41, 5.74) is 0.654. The summed E-state index contributed by atoms with van der Waals surface area (Å²) in [7, 11) is 3.05. The molecule has 2 aromatic rings. The van der Waals surface area contributed by atoms with Crippen molar-refractivity contribution in [3.8, 4) is 11.5 Å². The van der Waals surface area contributed by atoms with Crippen molar-refractivity contribution in [1.82, 2.24) is 0 Å². The van der Waals surface area contributed by atoms with Crippen LogP contribution in [0.15, 0.2) is 48.5 Å². The summed E-state index contributed by atoms with van der Waals surface area (Å²) in [4.78, 5) is 23.7. The largest absolute Gasteiger partial charge is 0.497 e. The highest BCUT2D eigenvalue weighted by Crippen LogP contribution is 2.13. The number of rotatable bonds is 8. The smallest absolute Gasteiger partial charge is 0.338 e. The third-order valence-electron chi connectivity index (χ3n) is 3.47. The fraction of sp³-hybridized carbons (Fsp3) is 0.263. The number of hydrogen-bond donors (Lipinski definition) is 1. The van der Waals surface area contributed by atoms with Gasteiger partial charge in [0.1, 0.15) is 30.8 Å². The second kappa shape index (κ2) is 9.43. The molecule has 0 aliphatic carbocycles. The lowest BCUT2D eigenvalue weighted by Crippen LogP contribution is -2.25. The topological polar surface area (TPSA) is 91.3 Å². The molecule has 0 atom stereocenters. The van der Waals surface area contributed by atoms with Crippen LogP contribution in [0.25, 0.3) is 0 Å². The number of aliphatic hydroxyl groups excluding tert-OH is 1. The summed E-state index contributed by atoms with van der Waals surface area (Å²) in [5.74, 6) is 0.0560. The number of hydrogen-bond acceptors (Lipinski definition) is 7. The molecule has 138 valence electrons. The Bertz CT molecular complexity index is 659. The molecule has 0 aliphatic heterocycles. The van der Waals surface area contributed by atoms with Crippen molar-refractivity contribution in [3.05, 3.63) is 59.7 Å². The minimum Gasteiger partial charge on any atom is -0.497 e. The van der Waals surface area contributed by atoms with Crippen molar-refractivity contribution in [1.29, 1.82) is 0 Å².